The summed E-state index contributed by atoms with van der Waals surface area (Å²) in [4.78, 5) is 30.6. The summed E-state index contributed by atoms with van der Waals surface area (Å²) >= 11 is 0. The predicted octanol–water partition coefficient (Wildman–Crippen LogP) is 10.8. The Morgan fingerprint density at radius 1 is 0.733 bits per heavy atom. The van der Waals surface area contributed by atoms with Gasteiger partial charge in [0, 0.05) is 0 Å². The summed E-state index contributed by atoms with van der Waals surface area (Å²) in [6.45, 7) is 24.4. The van der Waals surface area contributed by atoms with E-state index in [1.807, 2.05) is 79.7 Å². The number of hydrogen-bond donors (Lipinski definition) is 0. The molecule has 0 aliphatic carbocycles. The third-order valence-electron chi connectivity index (χ3n) is 12.3. The minimum absolute atomic E-state index is 0.0103. The van der Waals surface area contributed by atoms with Crippen LogP contribution in [0.25, 0.3) is 0 Å². The lowest BCUT2D eigenvalue weighted by molar-refractivity contribution is -0.148. The van der Waals surface area contributed by atoms with E-state index in [0.29, 0.717) is 12.8 Å². The largest absolute Gasteiger partial charge is 0.447 e. The fraction of sp³-hybridized carbons (Fsp3) is 0.412. The minimum Gasteiger partial charge on any atom is -0.447 e. The zero-order valence-corrected chi connectivity index (χ0v) is 39.7. The van der Waals surface area contributed by atoms with Gasteiger partial charge in [0.15, 0.2) is 14.4 Å². The lowest BCUT2D eigenvalue weighted by Gasteiger charge is -2.46. The monoisotopic (exact) mass is 845 g/mol. The van der Waals surface area contributed by atoms with Crippen LogP contribution in [-0.4, -0.2) is 64.5 Å². The quantitative estimate of drug-likeness (QED) is 0.0778. The highest BCUT2D eigenvalue weighted by atomic mass is 28.4. The fourth-order valence-corrected chi connectivity index (χ4v) is 13.7. The third kappa shape index (κ3) is 10.9. The van der Waals surface area contributed by atoms with E-state index in [1.54, 1.807) is 0 Å². The molecule has 4 aromatic rings. The second-order valence-corrected chi connectivity index (χ2v) is 27.6. The van der Waals surface area contributed by atoms with Crippen LogP contribution in [0.5, 0.6) is 0 Å². The number of rotatable bonds is 17. The van der Waals surface area contributed by atoms with Gasteiger partial charge < -0.3 is 18.3 Å². The average molecular weight is 846 g/mol. The first kappa shape index (κ1) is 46.7. The van der Waals surface area contributed by atoms with Crippen molar-refractivity contribution in [2.75, 3.05) is 6.61 Å². The van der Waals surface area contributed by atoms with Gasteiger partial charge in [-0.05, 0) is 89.4 Å². The SMILES string of the molecule is C/C=C(/C)C(C/C=C(\C)C(O[Si](c1ccccc1)(c1ccccc1)C(C)(C)C)C(OCc1ccccc1)C(=O)N1C(=O)OC[C@@H]1Cc1ccccc1)O[Si](C)(C)C(C)(C)C. The molecule has 1 fully saturated rings. The van der Waals surface area contributed by atoms with Crippen LogP contribution in [0.4, 0.5) is 4.79 Å². The summed E-state index contributed by atoms with van der Waals surface area (Å²) < 4.78 is 27.6. The fourth-order valence-electron chi connectivity index (χ4n) is 7.68. The lowest BCUT2D eigenvalue weighted by Crippen LogP contribution is -2.69. The van der Waals surface area contributed by atoms with Crippen molar-refractivity contribution in [3.05, 3.63) is 156 Å². The second-order valence-electron chi connectivity index (χ2n) is 18.6. The van der Waals surface area contributed by atoms with Gasteiger partial charge >= 0.3 is 6.09 Å². The molecule has 0 aromatic heterocycles. The molecule has 0 spiro atoms. The Morgan fingerprint density at radius 2 is 1.23 bits per heavy atom. The number of carbonyl (C=O) groups is 2. The third-order valence-corrected chi connectivity index (χ3v) is 21.8. The Labute approximate surface area is 362 Å². The van der Waals surface area contributed by atoms with Gasteiger partial charge in [0.25, 0.3) is 14.2 Å². The maximum absolute atomic E-state index is 15.5. The van der Waals surface area contributed by atoms with Gasteiger partial charge in [-0.2, -0.15) is 0 Å². The molecule has 0 bridgehead atoms. The molecule has 5 rings (SSSR count). The van der Waals surface area contributed by atoms with Crippen LogP contribution < -0.4 is 10.4 Å². The first-order valence-electron chi connectivity index (χ1n) is 21.3. The molecule has 1 aliphatic heterocycles. The molecule has 60 heavy (non-hydrogen) atoms. The van der Waals surface area contributed by atoms with Crippen molar-refractivity contribution >= 4 is 39.0 Å². The van der Waals surface area contributed by atoms with Crippen molar-refractivity contribution in [1.29, 1.82) is 0 Å². The average Bonchev–Trinajstić information content (AvgIpc) is 3.59. The Hall–Kier alpha value is -4.39. The minimum atomic E-state index is -3.32. The van der Waals surface area contributed by atoms with Gasteiger partial charge in [-0.3, -0.25) is 4.79 Å². The van der Waals surface area contributed by atoms with E-state index in [0.717, 1.165) is 32.6 Å². The molecule has 0 radical (unpaired) electrons. The highest BCUT2D eigenvalue weighted by Gasteiger charge is 2.54. The number of ether oxygens (including phenoxy) is 2. The highest BCUT2D eigenvalue weighted by molar-refractivity contribution is 6.99. The number of cyclic esters (lactones) is 1. The van der Waals surface area contributed by atoms with Crippen LogP contribution in [0.3, 0.4) is 0 Å². The summed E-state index contributed by atoms with van der Waals surface area (Å²) in [6, 6.07) is 40.0. The number of carbonyl (C=O) groups excluding carboxylic acids is 2. The van der Waals surface area contributed by atoms with Crippen molar-refractivity contribution < 1.29 is 27.9 Å². The Kier molecular flexibility index (Phi) is 15.6. The van der Waals surface area contributed by atoms with Crippen molar-refractivity contribution in [2.24, 2.45) is 0 Å². The zero-order chi connectivity index (χ0) is 43.7. The van der Waals surface area contributed by atoms with Crippen molar-refractivity contribution in [1.82, 2.24) is 4.90 Å². The number of nitrogens with zero attached hydrogens (tertiary/aromatic N) is 1. The van der Waals surface area contributed by atoms with Gasteiger partial charge in [0.1, 0.15) is 12.7 Å². The first-order valence-corrected chi connectivity index (χ1v) is 26.2. The number of benzene rings is 4. The Morgan fingerprint density at radius 3 is 1.72 bits per heavy atom. The highest BCUT2D eigenvalue weighted by Crippen LogP contribution is 2.41. The number of hydrogen-bond acceptors (Lipinski definition) is 6. The molecule has 0 N–H and O–H groups in total. The summed E-state index contributed by atoms with van der Waals surface area (Å²) in [5.41, 5.74) is 3.88. The lowest BCUT2D eigenvalue weighted by atomic mass is 9.99. The van der Waals surface area contributed by atoms with Crippen LogP contribution in [-0.2, 0) is 36.1 Å². The summed E-state index contributed by atoms with van der Waals surface area (Å²) in [5.74, 6) is -0.483. The van der Waals surface area contributed by atoms with E-state index in [-0.39, 0.29) is 24.4 Å². The topological polar surface area (TPSA) is 74.3 Å². The molecule has 4 atom stereocenters. The van der Waals surface area contributed by atoms with Crippen LogP contribution >= 0.6 is 0 Å². The Balaban J connectivity index is 1.72. The maximum atomic E-state index is 15.5. The molecular formula is C51H67NO6Si2. The molecule has 320 valence electrons. The van der Waals surface area contributed by atoms with E-state index < -0.39 is 51.9 Å². The normalized spacial score (nSPS) is 17.3. The van der Waals surface area contributed by atoms with Gasteiger partial charge in [0.05, 0.1) is 18.8 Å². The van der Waals surface area contributed by atoms with Gasteiger partial charge in [-0.1, -0.05) is 175 Å². The van der Waals surface area contributed by atoms with E-state index in [4.69, 9.17) is 18.3 Å². The van der Waals surface area contributed by atoms with Crippen molar-refractivity contribution in [3.63, 3.8) is 0 Å². The van der Waals surface area contributed by atoms with Crippen LogP contribution in [0.1, 0.15) is 79.9 Å². The smallest absolute Gasteiger partial charge is 0.417 e. The summed E-state index contributed by atoms with van der Waals surface area (Å²) in [7, 11) is -5.50. The molecular weight excluding hydrogens is 779 g/mol. The maximum Gasteiger partial charge on any atom is 0.417 e. The Bertz CT molecular complexity index is 2020. The zero-order valence-electron chi connectivity index (χ0n) is 37.7. The standard InChI is InChI=1S/C51H67NO6Si2/c1-12-38(2)45(57-59(10,11)50(4,5)6)34-33-39(3)46(58-60(51(7,8)9,43-29-21-15-22-30-43)44-31-23-16-24-32-44)47(55-36-41-27-19-14-20-28-41)48(53)52-42(37-56-49(52)54)35-40-25-17-13-18-26-40/h12-33,42,45-47H,34-37H2,1-11H3/b38-12-,39-33+/t42-,45?,46?,47?/m0/s1. The predicted molar refractivity (Wildman–Crippen MR) is 250 cm³/mol. The van der Waals surface area contributed by atoms with Gasteiger partial charge in [-0.25, -0.2) is 9.69 Å². The molecule has 2 amide bonds. The molecule has 9 heteroatoms. The van der Waals surface area contributed by atoms with E-state index in [2.05, 4.69) is 129 Å². The van der Waals surface area contributed by atoms with Crippen molar-refractivity contribution in [2.45, 2.75) is 129 Å². The van der Waals surface area contributed by atoms with Crippen molar-refractivity contribution in [3.8, 4) is 0 Å². The number of imide groups is 1. The molecule has 1 aliphatic rings. The molecule has 1 heterocycles. The molecule has 7 nitrogen and oxygen atoms in total. The molecule has 3 unspecified atom stereocenters. The molecule has 1 saturated heterocycles. The molecule has 0 saturated carbocycles. The first-order chi connectivity index (χ1) is 28.4. The second kappa shape index (κ2) is 20.0. The summed E-state index contributed by atoms with van der Waals surface area (Å²) in [6.07, 6.45) is 2.34. The van der Waals surface area contributed by atoms with Gasteiger partial charge in [-0.15, -0.1) is 0 Å². The van der Waals surface area contributed by atoms with Crippen LogP contribution in [0, 0.1) is 0 Å². The molecule has 4 aromatic carbocycles. The van der Waals surface area contributed by atoms with Gasteiger partial charge in [0.2, 0.25) is 0 Å². The summed E-state index contributed by atoms with van der Waals surface area (Å²) in [5, 5.41) is 1.74. The van der Waals surface area contributed by atoms with E-state index in [9.17, 15) is 4.79 Å². The van der Waals surface area contributed by atoms with E-state index in [1.165, 1.54) is 4.90 Å². The number of allylic oxidation sites excluding steroid dienone is 1. The number of amides is 2. The van der Waals surface area contributed by atoms with Crippen LogP contribution in [0.15, 0.2) is 145 Å². The van der Waals surface area contributed by atoms with E-state index >= 15 is 4.79 Å². The van der Waals surface area contributed by atoms with Crippen LogP contribution in [0.2, 0.25) is 23.2 Å².